The number of anilines is 1. The fraction of sp³-hybridized carbons (Fsp3) is 0.235. The first-order valence-electron chi connectivity index (χ1n) is 6.99. The molecule has 0 unspecified atom stereocenters. The predicted molar refractivity (Wildman–Crippen MR) is 88.6 cm³/mol. The maximum Gasteiger partial charge on any atom is 0.224 e. The summed E-state index contributed by atoms with van der Waals surface area (Å²) in [6.07, 6.45) is 0.962. The molecule has 1 N–H and O–H groups in total. The second-order valence-electron chi connectivity index (χ2n) is 4.92. The summed E-state index contributed by atoms with van der Waals surface area (Å²) in [6, 6.07) is 11.9. The molecule has 0 heterocycles. The maximum absolute atomic E-state index is 13.0. The number of carbonyl (C=O) groups excluding carboxylic acids is 1. The molecule has 3 nitrogen and oxygen atoms in total. The third-order valence-electron chi connectivity index (χ3n) is 3.08. The molecular weight excluding hydrogens is 349 g/mol. The Morgan fingerprint density at radius 1 is 1.27 bits per heavy atom. The molecule has 0 aliphatic rings. The van der Waals surface area contributed by atoms with Crippen molar-refractivity contribution in [1.82, 2.24) is 0 Å². The number of benzene rings is 2. The lowest BCUT2D eigenvalue weighted by Crippen LogP contribution is -2.13. The fourth-order valence-electron chi connectivity index (χ4n) is 1.96. The smallest absolute Gasteiger partial charge is 0.224 e. The van der Waals surface area contributed by atoms with Gasteiger partial charge in [0.25, 0.3) is 0 Å². The van der Waals surface area contributed by atoms with Gasteiger partial charge in [-0.05, 0) is 55.3 Å². The van der Waals surface area contributed by atoms with Gasteiger partial charge in [0.1, 0.15) is 11.6 Å². The number of rotatable bonds is 6. The molecule has 116 valence electrons. The van der Waals surface area contributed by atoms with E-state index in [1.807, 2.05) is 24.3 Å². The molecule has 22 heavy (non-hydrogen) atoms. The van der Waals surface area contributed by atoms with E-state index >= 15 is 0 Å². The quantitative estimate of drug-likeness (QED) is 0.753. The van der Waals surface area contributed by atoms with Gasteiger partial charge in [0.05, 0.1) is 6.61 Å². The van der Waals surface area contributed by atoms with E-state index in [1.54, 1.807) is 13.0 Å². The number of amides is 1. The Hall–Kier alpha value is -1.88. The van der Waals surface area contributed by atoms with Crippen LogP contribution in [-0.4, -0.2) is 12.5 Å². The average Bonchev–Trinajstić information content (AvgIpc) is 2.47. The van der Waals surface area contributed by atoms with Crippen LogP contribution >= 0.6 is 15.9 Å². The molecule has 0 aliphatic carbocycles. The third-order valence-corrected chi connectivity index (χ3v) is 3.57. The number of aryl methyl sites for hydroxylation is 1. The Balaban J connectivity index is 1.74. The molecule has 0 spiro atoms. The second kappa shape index (κ2) is 7.94. The van der Waals surface area contributed by atoms with Crippen molar-refractivity contribution in [2.45, 2.75) is 19.8 Å². The van der Waals surface area contributed by atoms with E-state index in [9.17, 15) is 9.18 Å². The van der Waals surface area contributed by atoms with Gasteiger partial charge in [-0.1, -0.05) is 22.0 Å². The number of hydrogen-bond donors (Lipinski definition) is 1. The van der Waals surface area contributed by atoms with Crippen LogP contribution in [-0.2, 0) is 4.79 Å². The molecule has 0 fully saturated rings. The zero-order chi connectivity index (χ0) is 15.9. The number of carbonyl (C=O) groups is 1. The zero-order valence-corrected chi connectivity index (χ0v) is 13.8. The van der Waals surface area contributed by atoms with Crippen molar-refractivity contribution in [2.75, 3.05) is 11.9 Å². The van der Waals surface area contributed by atoms with E-state index in [0.29, 0.717) is 30.7 Å². The Kier molecular flexibility index (Phi) is 5.95. The monoisotopic (exact) mass is 365 g/mol. The first-order valence-corrected chi connectivity index (χ1v) is 7.78. The van der Waals surface area contributed by atoms with Crippen molar-refractivity contribution in [1.29, 1.82) is 0 Å². The van der Waals surface area contributed by atoms with Gasteiger partial charge in [-0.25, -0.2) is 4.39 Å². The van der Waals surface area contributed by atoms with Crippen molar-refractivity contribution < 1.29 is 13.9 Å². The largest absolute Gasteiger partial charge is 0.494 e. The van der Waals surface area contributed by atoms with Crippen molar-refractivity contribution >= 4 is 27.5 Å². The highest BCUT2D eigenvalue weighted by Gasteiger charge is 2.06. The molecule has 0 saturated heterocycles. The van der Waals surface area contributed by atoms with E-state index in [-0.39, 0.29) is 11.7 Å². The normalized spacial score (nSPS) is 10.3. The molecule has 0 radical (unpaired) electrons. The number of ether oxygens (including phenoxy) is 1. The van der Waals surface area contributed by atoms with Crippen molar-refractivity contribution in [3.63, 3.8) is 0 Å². The van der Waals surface area contributed by atoms with E-state index in [1.165, 1.54) is 12.1 Å². The molecule has 2 aromatic rings. The highest BCUT2D eigenvalue weighted by Crippen LogP contribution is 2.18. The minimum absolute atomic E-state index is 0.104. The molecule has 2 aromatic carbocycles. The van der Waals surface area contributed by atoms with Gasteiger partial charge in [0.15, 0.2) is 0 Å². The topological polar surface area (TPSA) is 38.3 Å². The van der Waals surface area contributed by atoms with E-state index in [4.69, 9.17) is 4.74 Å². The molecule has 1 amide bonds. The first kappa shape index (κ1) is 16.5. The van der Waals surface area contributed by atoms with Gasteiger partial charge in [-0.15, -0.1) is 0 Å². The Morgan fingerprint density at radius 2 is 2.09 bits per heavy atom. The molecular formula is C17H17BrFNO2. The molecule has 0 saturated carbocycles. The summed E-state index contributed by atoms with van der Waals surface area (Å²) in [5, 5.41) is 2.78. The van der Waals surface area contributed by atoms with Crippen LogP contribution in [0.3, 0.4) is 0 Å². The zero-order valence-electron chi connectivity index (χ0n) is 12.2. The van der Waals surface area contributed by atoms with E-state index < -0.39 is 0 Å². The minimum atomic E-state index is -0.307. The number of hydrogen-bond acceptors (Lipinski definition) is 2. The van der Waals surface area contributed by atoms with Crippen molar-refractivity contribution in [3.05, 3.63) is 58.3 Å². The van der Waals surface area contributed by atoms with E-state index in [2.05, 4.69) is 21.2 Å². The molecule has 5 heteroatoms. The minimum Gasteiger partial charge on any atom is -0.494 e. The third kappa shape index (κ3) is 5.15. The summed E-state index contributed by atoms with van der Waals surface area (Å²) in [7, 11) is 0. The van der Waals surface area contributed by atoms with Gasteiger partial charge in [0.2, 0.25) is 5.91 Å². The van der Waals surface area contributed by atoms with Gasteiger partial charge >= 0.3 is 0 Å². The predicted octanol–water partition coefficient (Wildman–Crippen LogP) is 4.69. The van der Waals surface area contributed by atoms with Gasteiger partial charge in [-0.2, -0.15) is 0 Å². The Labute approximate surface area is 137 Å². The second-order valence-corrected chi connectivity index (χ2v) is 5.83. The van der Waals surface area contributed by atoms with Crippen LogP contribution < -0.4 is 10.1 Å². The molecule has 2 rings (SSSR count). The first-order chi connectivity index (χ1) is 10.5. The van der Waals surface area contributed by atoms with Crippen LogP contribution in [0.1, 0.15) is 18.4 Å². The lowest BCUT2D eigenvalue weighted by molar-refractivity contribution is -0.116. The standard InChI is InChI=1S/C17H17BrFNO2/c1-12-10-14(19)7-8-16(12)20-17(21)6-3-9-22-15-5-2-4-13(18)11-15/h2,4-5,7-8,10-11H,3,6,9H2,1H3,(H,20,21). The SMILES string of the molecule is Cc1cc(F)ccc1NC(=O)CCCOc1cccc(Br)c1. The van der Waals surface area contributed by atoms with E-state index in [0.717, 1.165) is 10.2 Å². The molecule has 0 bridgehead atoms. The maximum atomic E-state index is 13.0. The summed E-state index contributed by atoms with van der Waals surface area (Å²) in [5.74, 6) is 0.356. The lowest BCUT2D eigenvalue weighted by Gasteiger charge is -2.09. The van der Waals surface area contributed by atoms with Crippen molar-refractivity contribution in [2.24, 2.45) is 0 Å². The lowest BCUT2D eigenvalue weighted by atomic mass is 10.2. The van der Waals surface area contributed by atoms with Crippen LogP contribution in [0, 0.1) is 12.7 Å². The average molecular weight is 366 g/mol. The number of nitrogens with one attached hydrogen (secondary N) is 1. The Morgan fingerprint density at radius 3 is 2.82 bits per heavy atom. The molecule has 0 atom stereocenters. The summed E-state index contributed by atoms with van der Waals surface area (Å²) in [6.45, 7) is 2.22. The van der Waals surface area contributed by atoms with Gasteiger partial charge in [0, 0.05) is 16.6 Å². The van der Waals surface area contributed by atoms with Gasteiger partial charge < -0.3 is 10.1 Å². The van der Waals surface area contributed by atoms with Crippen molar-refractivity contribution in [3.8, 4) is 5.75 Å². The Bertz CT molecular complexity index is 661. The summed E-state index contributed by atoms with van der Waals surface area (Å²) < 4.78 is 19.5. The van der Waals surface area contributed by atoms with Crippen LogP contribution in [0.2, 0.25) is 0 Å². The summed E-state index contributed by atoms with van der Waals surface area (Å²) >= 11 is 3.37. The van der Waals surface area contributed by atoms with Crippen LogP contribution in [0.25, 0.3) is 0 Å². The number of halogens is 2. The molecule has 0 aliphatic heterocycles. The summed E-state index contributed by atoms with van der Waals surface area (Å²) in [4.78, 5) is 11.8. The highest BCUT2D eigenvalue weighted by molar-refractivity contribution is 9.10. The summed E-state index contributed by atoms with van der Waals surface area (Å²) in [5.41, 5.74) is 1.35. The van der Waals surface area contributed by atoms with Crippen LogP contribution in [0.15, 0.2) is 46.9 Å². The van der Waals surface area contributed by atoms with Crippen LogP contribution in [0.4, 0.5) is 10.1 Å². The highest BCUT2D eigenvalue weighted by atomic mass is 79.9. The molecule has 0 aromatic heterocycles. The van der Waals surface area contributed by atoms with Crippen LogP contribution in [0.5, 0.6) is 5.75 Å². The van der Waals surface area contributed by atoms with Gasteiger partial charge in [-0.3, -0.25) is 4.79 Å². The fourth-order valence-corrected chi connectivity index (χ4v) is 2.34.